The molecule has 2 nitrogen and oxygen atoms in total. The summed E-state index contributed by atoms with van der Waals surface area (Å²) in [4.78, 5) is 0. The second kappa shape index (κ2) is 6.77. The van der Waals surface area contributed by atoms with Gasteiger partial charge in [0, 0.05) is 17.9 Å². The highest BCUT2D eigenvalue weighted by molar-refractivity contribution is 5.53. The van der Waals surface area contributed by atoms with Gasteiger partial charge < -0.3 is 10.1 Å². The van der Waals surface area contributed by atoms with Crippen LogP contribution in [0.25, 0.3) is 0 Å². The molecule has 1 aliphatic rings. The molecule has 1 fully saturated rings. The van der Waals surface area contributed by atoms with Crippen molar-refractivity contribution in [3.8, 4) is 0 Å². The van der Waals surface area contributed by atoms with E-state index in [1.54, 1.807) is 0 Å². The van der Waals surface area contributed by atoms with Gasteiger partial charge in [0.05, 0.1) is 12.6 Å². The monoisotopic (exact) mass is 281 g/mol. The Bertz CT molecular complexity index is 563. The van der Waals surface area contributed by atoms with E-state index in [0.29, 0.717) is 12.6 Å². The first-order chi connectivity index (χ1) is 10.4. The molecule has 1 N–H and O–H groups in total. The van der Waals surface area contributed by atoms with Gasteiger partial charge in [-0.2, -0.15) is 0 Å². The molecule has 1 saturated carbocycles. The zero-order valence-electron chi connectivity index (χ0n) is 12.6. The first-order valence-electron chi connectivity index (χ1n) is 7.85. The average molecular weight is 281 g/mol. The molecule has 0 aromatic heterocycles. The number of nitrogens with one attached hydrogen (secondary N) is 1. The van der Waals surface area contributed by atoms with Crippen LogP contribution in [0.4, 0.5) is 5.69 Å². The highest BCUT2D eigenvalue weighted by atomic mass is 16.5. The van der Waals surface area contributed by atoms with Crippen LogP contribution in [-0.2, 0) is 11.3 Å². The molecule has 1 atom stereocenters. The molecule has 1 unspecified atom stereocenters. The molecule has 0 bridgehead atoms. The Labute approximate surface area is 127 Å². The maximum absolute atomic E-state index is 5.58. The van der Waals surface area contributed by atoms with Gasteiger partial charge in [-0.05, 0) is 37.3 Å². The van der Waals surface area contributed by atoms with Crippen molar-refractivity contribution in [1.29, 1.82) is 0 Å². The third-order valence-electron chi connectivity index (χ3n) is 4.04. The van der Waals surface area contributed by atoms with E-state index in [0.717, 1.165) is 12.5 Å². The SMILES string of the molecule is CCOCc1ccccc1NC(c1ccccc1)C1CC1. The largest absolute Gasteiger partial charge is 0.378 e. The van der Waals surface area contributed by atoms with E-state index in [4.69, 9.17) is 4.74 Å². The van der Waals surface area contributed by atoms with Crippen molar-refractivity contribution in [3.05, 3.63) is 65.7 Å². The number of ether oxygens (including phenoxy) is 1. The van der Waals surface area contributed by atoms with Gasteiger partial charge in [-0.1, -0.05) is 48.5 Å². The predicted octanol–water partition coefficient (Wildman–Crippen LogP) is 4.79. The Balaban J connectivity index is 1.80. The fourth-order valence-corrected chi connectivity index (χ4v) is 2.73. The van der Waals surface area contributed by atoms with Gasteiger partial charge in [-0.25, -0.2) is 0 Å². The molecule has 3 rings (SSSR count). The molecule has 2 aromatic rings. The first kappa shape index (κ1) is 14.2. The van der Waals surface area contributed by atoms with Crippen molar-refractivity contribution in [2.24, 2.45) is 5.92 Å². The van der Waals surface area contributed by atoms with Crippen LogP contribution in [0.3, 0.4) is 0 Å². The van der Waals surface area contributed by atoms with Crippen LogP contribution in [0.15, 0.2) is 54.6 Å². The molecule has 0 aliphatic heterocycles. The summed E-state index contributed by atoms with van der Waals surface area (Å²) in [6.45, 7) is 3.46. The van der Waals surface area contributed by atoms with Gasteiger partial charge in [0.2, 0.25) is 0 Å². The molecule has 2 aromatic carbocycles. The first-order valence-corrected chi connectivity index (χ1v) is 7.85. The summed E-state index contributed by atoms with van der Waals surface area (Å²) in [6.07, 6.45) is 2.64. The molecule has 0 radical (unpaired) electrons. The fraction of sp³-hybridized carbons (Fsp3) is 0.368. The van der Waals surface area contributed by atoms with Gasteiger partial charge >= 0.3 is 0 Å². The van der Waals surface area contributed by atoms with E-state index < -0.39 is 0 Å². The van der Waals surface area contributed by atoms with Crippen molar-refractivity contribution in [2.75, 3.05) is 11.9 Å². The maximum atomic E-state index is 5.58. The number of rotatable bonds is 7. The summed E-state index contributed by atoms with van der Waals surface area (Å²) < 4.78 is 5.58. The number of hydrogen-bond acceptors (Lipinski definition) is 2. The van der Waals surface area contributed by atoms with E-state index >= 15 is 0 Å². The van der Waals surface area contributed by atoms with Gasteiger partial charge in [0.25, 0.3) is 0 Å². The second-order valence-corrected chi connectivity index (χ2v) is 5.66. The standard InChI is InChI=1S/C19H23NO/c1-2-21-14-17-10-6-7-11-18(17)20-19(16-12-13-16)15-8-4-3-5-9-15/h3-11,16,19-20H,2,12-14H2,1H3. The Kier molecular flexibility index (Phi) is 4.56. The quantitative estimate of drug-likeness (QED) is 0.788. The summed E-state index contributed by atoms with van der Waals surface area (Å²) in [5, 5.41) is 3.75. The maximum Gasteiger partial charge on any atom is 0.0736 e. The minimum absolute atomic E-state index is 0.411. The highest BCUT2D eigenvalue weighted by Crippen LogP contribution is 2.43. The zero-order chi connectivity index (χ0) is 14.5. The molecule has 0 saturated heterocycles. The molecule has 21 heavy (non-hydrogen) atoms. The number of hydrogen-bond donors (Lipinski definition) is 1. The van der Waals surface area contributed by atoms with Crippen molar-refractivity contribution < 1.29 is 4.74 Å². The van der Waals surface area contributed by atoms with Crippen molar-refractivity contribution in [1.82, 2.24) is 0 Å². The van der Waals surface area contributed by atoms with E-state index in [-0.39, 0.29) is 0 Å². The zero-order valence-corrected chi connectivity index (χ0v) is 12.6. The van der Waals surface area contributed by atoms with Crippen LogP contribution in [-0.4, -0.2) is 6.61 Å². The Morgan fingerprint density at radius 2 is 1.76 bits per heavy atom. The number of anilines is 1. The molecular formula is C19H23NO. The summed E-state index contributed by atoms with van der Waals surface area (Å²) in [6, 6.07) is 19.7. The smallest absolute Gasteiger partial charge is 0.0736 e. The number of para-hydroxylation sites is 1. The third-order valence-corrected chi connectivity index (χ3v) is 4.04. The predicted molar refractivity (Wildman–Crippen MR) is 87.3 cm³/mol. The normalized spacial score (nSPS) is 15.7. The van der Waals surface area contributed by atoms with Gasteiger partial charge in [-0.3, -0.25) is 0 Å². The van der Waals surface area contributed by atoms with Crippen molar-refractivity contribution >= 4 is 5.69 Å². The molecule has 1 aliphatic carbocycles. The molecule has 2 heteroatoms. The van der Waals surface area contributed by atoms with Gasteiger partial charge in [0.1, 0.15) is 0 Å². The lowest BCUT2D eigenvalue weighted by Gasteiger charge is -2.22. The van der Waals surface area contributed by atoms with Crippen LogP contribution in [0.1, 0.15) is 36.9 Å². The molecule has 0 heterocycles. The fourth-order valence-electron chi connectivity index (χ4n) is 2.73. The van der Waals surface area contributed by atoms with Crippen LogP contribution in [0.5, 0.6) is 0 Å². The minimum atomic E-state index is 0.411. The van der Waals surface area contributed by atoms with E-state index in [2.05, 4.69) is 59.9 Å². The van der Waals surface area contributed by atoms with Crippen molar-refractivity contribution in [3.63, 3.8) is 0 Å². The van der Waals surface area contributed by atoms with Crippen LogP contribution >= 0.6 is 0 Å². The van der Waals surface area contributed by atoms with Gasteiger partial charge in [-0.15, -0.1) is 0 Å². The van der Waals surface area contributed by atoms with E-state index in [1.807, 2.05) is 6.92 Å². The number of benzene rings is 2. The lowest BCUT2D eigenvalue weighted by atomic mass is 10.0. The molecular weight excluding hydrogens is 258 g/mol. The summed E-state index contributed by atoms with van der Waals surface area (Å²) in [7, 11) is 0. The summed E-state index contributed by atoms with van der Waals surface area (Å²) in [5.74, 6) is 0.757. The molecule has 0 amide bonds. The van der Waals surface area contributed by atoms with Crippen LogP contribution in [0, 0.1) is 5.92 Å². The van der Waals surface area contributed by atoms with Crippen LogP contribution in [0.2, 0.25) is 0 Å². The molecule has 0 spiro atoms. The van der Waals surface area contributed by atoms with Crippen LogP contribution < -0.4 is 5.32 Å². The third kappa shape index (κ3) is 3.64. The average Bonchev–Trinajstić information content (AvgIpc) is 3.37. The van der Waals surface area contributed by atoms with E-state index in [9.17, 15) is 0 Å². The second-order valence-electron chi connectivity index (χ2n) is 5.66. The topological polar surface area (TPSA) is 21.3 Å². The summed E-state index contributed by atoms with van der Waals surface area (Å²) in [5.41, 5.74) is 3.82. The van der Waals surface area contributed by atoms with Gasteiger partial charge in [0.15, 0.2) is 0 Å². The lowest BCUT2D eigenvalue weighted by Crippen LogP contribution is -2.14. The Morgan fingerprint density at radius 1 is 1.05 bits per heavy atom. The van der Waals surface area contributed by atoms with Crippen molar-refractivity contribution in [2.45, 2.75) is 32.4 Å². The Morgan fingerprint density at radius 3 is 2.48 bits per heavy atom. The van der Waals surface area contributed by atoms with E-state index in [1.165, 1.54) is 29.7 Å². The lowest BCUT2D eigenvalue weighted by molar-refractivity contribution is 0.134. The summed E-state index contributed by atoms with van der Waals surface area (Å²) >= 11 is 0. The minimum Gasteiger partial charge on any atom is -0.378 e. The molecule has 110 valence electrons. The highest BCUT2D eigenvalue weighted by Gasteiger charge is 2.32. The Hall–Kier alpha value is -1.80.